The number of rotatable bonds is 5. The molecule has 0 radical (unpaired) electrons. The van der Waals surface area contributed by atoms with Crippen LogP contribution < -0.4 is 5.32 Å². The Morgan fingerprint density at radius 2 is 1.85 bits per heavy atom. The van der Waals surface area contributed by atoms with Crippen LogP contribution in [0.5, 0.6) is 0 Å². The summed E-state index contributed by atoms with van der Waals surface area (Å²) in [7, 11) is 0. The molecule has 0 aliphatic heterocycles. The van der Waals surface area contributed by atoms with E-state index in [9.17, 15) is 9.59 Å². The van der Waals surface area contributed by atoms with Gasteiger partial charge in [0.15, 0.2) is 6.61 Å². The number of para-hydroxylation sites is 1. The number of anilines is 1. The van der Waals surface area contributed by atoms with Crippen LogP contribution in [0.1, 0.15) is 5.76 Å². The molecule has 4 rings (SSSR count). The molecule has 1 N–H and O–H groups in total. The fourth-order valence-corrected chi connectivity index (χ4v) is 2.72. The molecule has 0 spiro atoms. The predicted octanol–water partition coefficient (Wildman–Crippen LogP) is 4.37. The highest BCUT2D eigenvalue weighted by Crippen LogP contribution is 2.30. The minimum absolute atomic E-state index is 0.383. The van der Waals surface area contributed by atoms with Crippen molar-refractivity contribution in [3.8, 4) is 0 Å². The average Bonchev–Trinajstić information content (AvgIpc) is 3.32. The van der Waals surface area contributed by atoms with Gasteiger partial charge in [-0.2, -0.15) is 0 Å². The molecule has 2 aromatic heterocycles. The van der Waals surface area contributed by atoms with E-state index in [1.807, 2.05) is 30.3 Å². The summed E-state index contributed by atoms with van der Waals surface area (Å²) in [5.41, 5.74) is 2.12. The molecule has 0 aliphatic carbocycles. The fourth-order valence-electron chi connectivity index (χ4n) is 2.72. The lowest BCUT2D eigenvalue weighted by Crippen LogP contribution is -2.20. The van der Waals surface area contributed by atoms with Crippen LogP contribution >= 0.6 is 0 Å². The minimum Gasteiger partial charge on any atom is -0.465 e. The molecule has 0 saturated heterocycles. The zero-order valence-corrected chi connectivity index (χ0v) is 14.2. The van der Waals surface area contributed by atoms with Crippen LogP contribution in [0.25, 0.3) is 28.0 Å². The molecule has 0 fully saturated rings. The van der Waals surface area contributed by atoms with E-state index < -0.39 is 11.9 Å². The van der Waals surface area contributed by atoms with Gasteiger partial charge in [-0.1, -0.05) is 18.2 Å². The van der Waals surface area contributed by atoms with E-state index in [4.69, 9.17) is 13.6 Å². The molecule has 0 bridgehead atoms. The summed E-state index contributed by atoms with van der Waals surface area (Å²) >= 11 is 0. The van der Waals surface area contributed by atoms with Gasteiger partial charge < -0.3 is 18.9 Å². The standard InChI is InChI=1S/C21H15NO5/c23-20(13-26-21(24)10-8-15-4-3-11-25-15)22-14-7-9-19-17(12-14)16-5-1-2-6-18(16)27-19/h1-12H,13H2,(H,22,23)/b10-8+. The number of hydrogen-bond acceptors (Lipinski definition) is 5. The summed E-state index contributed by atoms with van der Waals surface area (Å²) in [5.74, 6) is -0.531. The third-order valence-electron chi connectivity index (χ3n) is 3.93. The van der Waals surface area contributed by atoms with Crippen molar-refractivity contribution < 1.29 is 23.2 Å². The molecule has 0 aliphatic rings. The Morgan fingerprint density at radius 1 is 1.00 bits per heavy atom. The highest BCUT2D eigenvalue weighted by molar-refractivity contribution is 6.07. The van der Waals surface area contributed by atoms with Crippen LogP contribution in [0, 0.1) is 0 Å². The number of fused-ring (bicyclic) bond motifs is 3. The van der Waals surface area contributed by atoms with Crippen LogP contribution in [0.4, 0.5) is 5.69 Å². The van der Waals surface area contributed by atoms with Crippen LogP contribution in [0.15, 0.2) is 75.8 Å². The first-order valence-electron chi connectivity index (χ1n) is 8.28. The smallest absolute Gasteiger partial charge is 0.331 e. The molecule has 4 aromatic rings. The number of carbonyl (C=O) groups excluding carboxylic acids is 2. The Labute approximate surface area is 154 Å². The minimum atomic E-state index is -0.627. The van der Waals surface area contributed by atoms with Gasteiger partial charge in [-0.25, -0.2) is 4.79 Å². The van der Waals surface area contributed by atoms with Gasteiger partial charge in [-0.15, -0.1) is 0 Å². The number of esters is 1. The van der Waals surface area contributed by atoms with E-state index in [0.717, 1.165) is 21.9 Å². The topological polar surface area (TPSA) is 81.7 Å². The molecule has 0 unspecified atom stereocenters. The molecule has 0 saturated carbocycles. The number of amides is 1. The summed E-state index contributed by atoms with van der Waals surface area (Å²) < 4.78 is 15.7. The van der Waals surface area contributed by atoms with Crippen molar-refractivity contribution >= 4 is 45.6 Å². The van der Waals surface area contributed by atoms with Crippen LogP contribution in [0.2, 0.25) is 0 Å². The largest absolute Gasteiger partial charge is 0.465 e. The summed E-state index contributed by atoms with van der Waals surface area (Å²) in [5, 5.41) is 4.59. The first kappa shape index (κ1) is 16.7. The van der Waals surface area contributed by atoms with Gasteiger partial charge in [0.2, 0.25) is 0 Å². The lowest BCUT2D eigenvalue weighted by Gasteiger charge is -2.05. The van der Waals surface area contributed by atoms with Crippen molar-refractivity contribution in [3.63, 3.8) is 0 Å². The summed E-state index contributed by atoms with van der Waals surface area (Å²) in [6.45, 7) is -0.383. The third kappa shape index (κ3) is 3.74. The number of hydrogen-bond donors (Lipinski definition) is 1. The van der Waals surface area contributed by atoms with E-state index in [1.165, 1.54) is 18.4 Å². The van der Waals surface area contributed by atoms with Gasteiger partial charge in [-0.3, -0.25) is 4.79 Å². The quantitative estimate of drug-likeness (QED) is 0.421. The van der Waals surface area contributed by atoms with Crippen LogP contribution in [-0.2, 0) is 14.3 Å². The number of nitrogens with one attached hydrogen (secondary N) is 1. The maximum absolute atomic E-state index is 12.0. The van der Waals surface area contributed by atoms with Crippen molar-refractivity contribution in [1.82, 2.24) is 0 Å². The average molecular weight is 361 g/mol. The van der Waals surface area contributed by atoms with Crippen molar-refractivity contribution in [1.29, 1.82) is 0 Å². The number of ether oxygens (including phenoxy) is 1. The van der Waals surface area contributed by atoms with E-state index in [1.54, 1.807) is 24.3 Å². The molecule has 1 amide bonds. The van der Waals surface area contributed by atoms with Crippen molar-refractivity contribution in [2.75, 3.05) is 11.9 Å². The van der Waals surface area contributed by atoms with Gasteiger partial charge in [0.25, 0.3) is 5.91 Å². The summed E-state index contributed by atoms with van der Waals surface area (Å²) in [4.78, 5) is 23.7. The first-order valence-corrected chi connectivity index (χ1v) is 8.28. The Kier molecular flexibility index (Phi) is 4.45. The van der Waals surface area contributed by atoms with Crippen molar-refractivity contribution in [2.45, 2.75) is 0 Å². The molecule has 27 heavy (non-hydrogen) atoms. The molecular weight excluding hydrogens is 346 g/mol. The molecule has 6 nitrogen and oxygen atoms in total. The third-order valence-corrected chi connectivity index (χ3v) is 3.93. The highest BCUT2D eigenvalue weighted by Gasteiger charge is 2.10. The molecular formula is C21H15NO5. The monoisotopic (exact) mass is 361 g/mol. The lowest BCUT2D eigenvalue weighted by atomic mass is 10.1. The van der Waals surface area contributed by atoms with Crippen LogP contribution in [-0.4, -0.2) is 18.5 Å². The first-order chi connectivity index (χ1) is 13.2. The van der Waals surface area contributed by atoms with Gasteiger partial charge in [0.1, 0.15) is 16.9 Å². The zero-order chi connectivity index (χ0) is 18.6. The van der Waals surface area contributed by atoms with Crippen LogP contribution in [0.3, 0.4) is 0 Å². The Morgan fingerprint density at radius 3 is 2.70 bits per heavy atom. The number of furan rings is 2. The van der Waals surface area contributed by atoms with E-state index in [0.29, 0.717) is 11.4 Å². The lowest BCUT2D eigenvalue weighted by molar-refractivity contribution is -0.142. The highest BCUT2D eigenvalue weighted by atomic mass is 16.5. The van der Waals surface area contributed by atoms with Gasteiger partial charge in [0, 0.05) is 22.5 Å². The summed E-state index contributed by atoms with van der Waals surface area (Å²) in [6, 6.07) is 16.5. The Bertz CT molecular complexity index is 1140. The van der Waals surface area contributed by atoms with E-state index in [-0.39, 0.29) is 6.61 Å². The van der Waals surface area contributed by atoms with Crippen molar-refractivity contribution in [3.05, 3.63) is 72.7 Å². The Hall–Kier alpha value is -3.80. The SMILES string of the molecule is O=C(COC(=O)/C=C/c1ccco1)Nc1ccc2oc3ccccc3c2c1. The second-order valence-corrected chi connectivity index (χ2v) is 5.81. The molecule has 2 aromatic carbocycles. The second-order valence-electron chi connectivity index (χ2n) is 5.81. The predicted molar refractivity (Wildman–Crippen MR) is 101 cm³/mol. The van der Waals surface area contributed by atoms with E-state index in [2.05, 4.69) is 5.32 Å². The van der Waals surface area contributed by atoms with Gasteiger partial charge in [-0.05, 0) is 42.5 Å². The zero-order valence-electron chi connectivity index (χ0n) is 14.2. The summed E-state index contributed by atoms with van der Waals surface area (Å²) in [6.07, 6.45) is 4.17. The molecule has 0 atom stereocenters. The normalized spacial score (nSPS) is 11.3. The van der Waals surface area contributed by atoms with Crippen molar-refractivity contribution in [2.24, 2.45) is 0 Å². The molecule has 6 heteroatoms. The van der Waals surface area contributed by atoms with E-state index >= 15 is 0 Å². The molecule has 2 heterocycles. The van der Waals surface area contributed by atoms with Gasteiger partial charge >= 0.3 is 5.97 Å². The maximum atomic E-state index is 12.0. The maximum Gasteiger partial charge on any atom is 0.331 e. The Balaban J connectivity index is 1.39. The second kappa shape index (κ2) is 7.21. The number of carbonyl (C=O) groups is 2. The molecule has 134 valence electrons. The number of benzene rings is 2. The van der Waals surface area contributed by atoms with Gasteiger partial charge in [0.05, 0.1) is 6.26 Å². The fraction of sp³-hybridized carbons (Fsp3) is 0.0476.